The van der Waals surface area contributed by atoms with Gasteiger partial charge in [0.2, 0.25) is 5.91 Å². The van der Waals surface area contributed by atoms with Gasteiger partial charge in [-0.05, 0) is 61.1 Å². The molecule has 2 aromatic rings. The number of benzene rings is 2. The molecule has 1 amide bonds. The topological polar surface area (TPSA) is 32.3 Å². The normalized spacial score (nSPS) is 17.7. The molecular weight excluding hydrogens is 327 g/mol. The van der Waals surface area contributed by atoms with Crippen molar-refractivity contribution in [3.8, 4) is 0 Å². The van der Waals surface area contributed by atoms with Gasteiger partial charge in [0.1, 0.15) is 5.82 Å². The van der Waals surface area contributed by atoms with Gasteiger partial charge >= 0.3 is 0 Å². The van der Waals surface area contributed by atoms with E-state index in [1.165, 1.54) is 12.1 Å². The second kappa shape index (κ2) is 8.00. The molecule has 1 saturated heterocycles. The van der Waals surface area contributed by atoms with E-state index in [0.29, 0.717) is 12.5 Å². The van der Waals surface area contributed by atoms with Crippen molar-refractivity contribution >= 4 is 11.6 Å². The Balaban J connectivity index is 1.71. The van der Waals surface area contributed by atoms with Gasteiger partial charge < -0.3 is 5.32 Å². The molecule has 0 aromatic heterocycles. The standard InChI is InChI=1S/C22H27FN2O/c1-15(2)19-7-4-6-16(3)22(19)24-21(26)14-25-13-5-8-20(25)17-9-11-18(23)12-10-17/h4,6-7,9-12,15,20H,5,8,13-14H2,1-3H3,(H,24,26). The SMILES string of the molecule is Cc1cccc(C(C)C)c1NC(=O)CN1CCCC1c1ccc(F)cc1. The van der Waals surface area contributed by atoms with E-state index in [4.69, 9.17) is 0 Å². The number of hydrogen-bond acceptors (Lipinski definition) is 2. The molecule has 4 heteroatoms. The minimum absolute atomic E-state index is 0.00946. The molecule has 1 unspecified atom stereocenters. The predicted molar refractivity (Wildman–Crippen MR) is 104 cm³/mol. The first-order valence-electron chi connectivity index (χ1n) is 9.34. The maximum Gasteiger partial charge on any atom is 0.238 e. The monoisotopic (exact) mass is 354 g/mol. The van der Waals surface area contributed by atoms with Gasteiger partial charge in [0, 0.05) is 11.7 Å². The van der Waals surface area contributed by atoms with Crippen LogP contribution in [-0.2, 0) is 4.79 Å². The maximum atomic E-state index is 13.2. The van der Waals surface area contributed by atoms with E-state index in [1.807, 2.05) is 31.2 Å². The number of amides is 1. The molecule has 0 bridgehead atoms. The van der Waals surface area contributed by atoms with Gasteiger partial charge in [-0.3, -0.25) is 9.69 Å². The van der Waals surface area contributed by atoms with Crippen molar-refractivity contribution in [2.75, 3.05) is 18.4 Å². The van der Waals surface area contributed by atoms with Crippen LogP contribution in [0.1, 0.15) is 55.3 Å². The zero-order chi connectivity index (χ0) is 18.7. The number of nitrogens with one attached hydrogen (secondary N) is 1. The molecule has 3 nitrogen and oxygen atoms in total. The van der Waals surface area contributed by atoms with Gasteiger partial charge in [0.25, 0.3) is 0 Å². The molecule has 26 heavy (non-hydrogen) atoms. The number of nitrogens with zero attached hydrogens (tertiary/aromatic N) is 1. The lowest BCUT2D eigenvalue weighted by molar-refractivity contribution is -0.117. The van der Waals surface area contributed by atoms with Gasteiger partial charge in [0.15, 0.2) is 0 Å². The predicted octanol–water partition coefficient (Wildman–Crippen LogP) is 5.03. The van der Waals surface area contributed by atoms with Crippen LogP contribution in [0.15, 0.2) is 42.5 Å². The fraction of sp³-hybridized carbons (Fsp3) is 0.409. The summed E-state index contributed by atoms with van der Waals surface area (Å²) >= 11 is 0. The molecule has 2 aromatic carbocycles. The smallest absolute Gasteiger partial charge is 0.238 e. The quantitative estimate of drug-likeness (QED) is 0.816. The van der Waals surface area contributed by atoms with Crippen molar-refractivity contribution < 1.29 is 9.18 Å². The van der Waals surface area contributed by atoms with E-state index < -0.39 is 0 Å². The fourth-order valence-electron chi connectivity index (χ4n) is 3.78. The van der Waals surface area contributed by atoms with Gasteiger partial charge in [-0.15, -0.1) is 0 Å². The summed E-state index contributed by atoms with van der Waals surface area (Å²) in [5, 5.41) is 3.13. The fourth-order valence-corrected chi connectivity index (χ4v) is 3.78. The van der Waals surface area contributed by atoms with Crippen molar-refractivity contribution in [2.24, 2.45) is 0 Å². The molecule has 1 atom stereocenters. The van der Waals surface area contributed by atoms with E-state index in [-0.39, 0.29) is 17.8 Å². The first kappa shape index (κ1) is 18.6. The summed E-state index contributed by atoms with van der Waals surface area (Å²) in [5.41, 5.74) is 4.26. The molecule has 1 heterocycles. The molecular formula is C22H27FN2O. The molecule has 1 aliphatic rings. The Morgan fingerprint density at radius 3 is 2.65 bits per heavy atom. The van der Waals surface area contributed by atoms with Crippen LogP contribution in [0.2, 0.25) is 0 Å². The summed E-state index contributed by atoms with van der Waals surface area (Å²) < 4.78 is 13.2. The third-order valence-electron chi connectivity index (χ3n) is 5.16. The Labute approximate surface area is 155 Å². The molecule has 1 N–H and O–H groups in total. The van der Waals surface area contributed by atoms with Gasteiger partial charge in [0.05, 0.1) is 6.54 Å². The summed E-state index contributed by atoms with van der Waals surface area (Å²) in [6, 6.07) is 13.0. The van der Waals surface area contributed by atoms with Crippen LogP contribution in [-0.4, -0.2) is 23.9 Å². The number of carbonyl (C=O) groups excluding carboxylic acids is 1. The average molecular weight is 354 g/mol. The number of halogens is 1. The van der Waals surface area contributed by atoms with E-state index >= 15 is 0 Å². The van der Waals surface area contributed by atoms with Crippen LogP contribution >= 0.6 is 0 Å². The third-order valence-corrected chi connectivity index (χ3v) is 5.16. The lowest BCUT2D eigenvalue weighted by Gasteiger charge is -2.25. The zero-order valence-electron chi connectivity index (χ0n) is 15.8. The summed E-state index contributed by atoms with van der Waals surface area (Å²) in [5.74, 6) is 0.135. The summed E-state index contributed by atoms with van der Waals surface area (Å²) in [6.45, 7) is 7.54. The van der Waals surface area contributed by atoms with Gasteiger partial charge in [-0.2, -0.15) is 0 Å². The average Bonchev–Trinajstić information content (AvgIpc) is 3.05. The highest BCUT2D eigenvalue weighted by Crippen LogP contribution is 2.32. The second-order valence-corrected chi connectivity index (χ2v) is 7.42. The van der Waals surface area contributed by atoms with Crippen LogP contribution in [0.4, 0.5) is 10.1 Å². The number of rotatable bonds is 5. The number of carbonyl (C=O) groups is 1. The number of para-hydroxylation sites is 1. The van der Waals surface area contributed by atoms with E-state index in [1.54, 1.807) is 0 Å². The Morgan fingerprint density at radius 2 is 1.96 bits per heavy atom. The minimum atomic E-state index is -0.225. The molecule has 1 fully saturated rings. The lowest BCUT2D eigenvalue weighted by Crippen LogP contribution is -2.33. The Bertz CT molecular complexity index is 770. The van der Waals surface area contributed by atoms with Crippen molar-refractivity contribution in [3.05, 3.63) is 65.0 Å². The highest BCUT2D eigenvalue weighted by atomic mass is 19.1. The molecule has 0 aliphatic carbocycles. The van der Waals surface area contributed by atoms with Gasteiger partial charge in [-0.1, -0.05) is 44.2 Å². The van der Waals surface area contributed by atoms with E-state index in [9.17, 15) is 9.18 Å². The van der Waals surface area contributed by atoms with Crippen LogP contribution < -0.4 is 5.32 Å². The summed E-state index contributed by atoms with van der Waals surface area (Å²) in [7, 11) is 0. The van der Waals surface area contributed by atoms with Crippen LogP contribution in [0.5, 0.6) is 0 Å². The largest absolute Gasteiger partial charge is 0.324 e. The Kier molecular flexibility index (Phi) is 5.72. The number of likely N-dealkylation sites (tertiary alicyclic amines) is 1. The van der Waals surface area contributed by atoms with Crippen LogP contribution in [0, 0.1) is 12.7 Å². The molecule has 138 valence electrons. The third kappa shape index (κ3) is 4.13. The van der Waals surface area contributed by atoms with Crippen molar-refractivity contribution in [1.29, 1.82) is 0 Å². The van der Waals surface area contributed by atoms with Gasteiger partial charge in [-0.25, -0.2) is 4.39 Å². The number of hydrogen-bond donors (Lipinski definition) is 1. The molecule has 0 radical (unpaired) electrons. The van der Waals surface area contributed by atoms with Crippen LogP contribution in [0.25, 0.3) is 0 Å². The van der Waals surface area contributed by atoms with Crippen molar-refractivity contribution in [1.82, 2.24) is 4.90 Å². The second-order valence-electron chi connectivity index (χ2n) is 7.42. The maximum absolute atomic E-state index is 13.2. The number of anilines is 1. The first-order chi connectivity index (χ1) is 12.5. The minimum Gasteiger partial charge on any atom is -0.324 e. The lowest BCUT2D eigenvalue weighted by atomic mass is 9.98. The van der Waals surface area contributed by atoms with Crippen LogP contribution in [0.3, 0.4) is 0 Å². The summed E-state index contributed by atoms with van der Waals surface area (Å²) in [4.78, 5) is 14.9. The zero-order valence-corrected chi connectivity index (χ0v) is 15.8. The van der Waals surface area contributed by atoms with E-state index in [0.717, 1.165) is 41.8 Å². The van der Waals surface area contributed by atoms with E-state index in [2.05, 4.69) is 30.1 Å². The van der Waals surface area contributed by atoms with Crippen molar-refractivity contribution in [3.63, 3.8) is 0 Å². The molecule has 3 rings (SSSR count). The van der Waals surface area contributed by atoms with Crippen molar-refractivity contribution in [2.45, 2.75) is 45.6 Å². The molecule has 0 spiro atoms. The highest BCUT2D eigenvalue weighted by molar-refractivity contribution is 5.94. The summed E-state index contributed by atoms with van der Waals surface area (Å²) in [6.07, 6.45) is 2.05. The highest BCUT2D eigenvalue weighted by Gasteiger charge is 2.27. The first-order valence-corrected chi connectivity index (χ1v) is 9.34. The molecule has 1 aliphatic heterocycles. The number of aryl methyl sites for hydroxylation is 1. The Morgan fingerprint density at radius 1 is 1.23 bits per heavy atom. The Hall–Kier alpha value is -2.20. The molecule has 0 saturated carbocycles.